The minimum Gasteiger partial charge on any atom is -0.372 e. The summed E-state index contributed by atoms with van der Waals surface area (Å²) in [5.74, 6) is 0.528. The van der Waals surface area contributed by atoms with E-state index in [9.17, 15) is 4.79 Å². The molecule has 0 aliphatic heterocycles. The topological polar surface area (TPSA) is 79.8 Å². The van der Waals surface area contributed by atoms with Gasteiger partial charge >= 0.3 is 0 Å². The molecule has 0 atom stereocenters. The Kier molecular flexibility index (Phi) is 3.70. The van der Waals surface area contributed by atoms with Crippen molar-refractivity contribution in [1.29, 1.82) is 0 Å². The maximum absolute atomic E-state index is 12.1. The number of carbonyl (C=O) groups excluding carboxylic acids is 1. The zero-order valence-electron chi connectivity index (χ0n) is 11.1. The standard InChI is InChI=1S/C13H15N5O/c1-8-7-9(2)17-13(16-8)18-12(19)10-5-4-6-15-11(10)14-3/h4-7H,1-3H3,(H,14,15)(H,16,17,18,19). The van der Waals surface area contributed by atoms with Gasteiger partial charge in [-0.15, -0.1) is 0 Å². The van der Waals surface area contributed by atoms with Crippen molar-refractivity contribution < 1.29 is 4.79 Å². The summed E-state index contributed by atoms with van der Waals surface area (Å²) in [6.45, 7) is 3.71. The van der Waals surface area contributed by atoms with Crippen LogP contribution in [0.1, 0.15) is 21.7 Å². The first-order valence-electron chi connectivity index (χ1n) is 5.86. The third-order valence-electron chi connectivity index (χ3n) is 2.50. The van der Waals surface area contributed by atoms with Crippen LogP contribution in [0.2, 0.25) is 0 Å². The van der Waals surface area contributed by atoms with Crippen LogP contribution >= 0.6 is 0 Å². The maximum Gasteiger partial charge on any atom is 0.261 e. The van der Waals surface area contributed by atoms with Crippen LogP contribution in [0.15, 0.2) is 24.4 Å². The molecule has 1 amide bonds. The number of nitrogens with one attached hydrogen (secondary N) is 2. The Bertz CT molecular complexity index is 591. The van der Waals surface area contributed by atoms with E-state index >= 15 is 0 Å². The number of amides is 1. The van der Waals surface area contributed by atoms with Gasteiger partial charge in [-0.2, -0.15) is 0 Å². The fourth-order valence-electron chi connectivity index (χ4n) is 1.74. The van der Waals surface area contributed by atoms with Crippen molar-refractivity contribution in [3.8, 4) is 0 Å². The second kappa shape index (κ2) is 5.43. The molecule has 19 heavy (non-hydrogen) atoms. The first-order chi connectivity index (χ1) is 9.10. The molecule has 0 aliphatic rings. The summed E-state index contributed by atoms with van der Waals surface area (Å²) >= 11 is 0. The van der Waals surface area contributed by atoms with Gasteiger partial charge in [0.15, 0.2) is 0 Å². The van der Waals surface area contributed by atoms with E-state index in [-0.39, 0.29) is 5.91 Å². The summed E-state index contributed by atoms with van der Waals surface area (Å²) in [5, 5.41) is 5.55. The van der Waals surface area contributed by atoms with Crippen LogP contribution in [0.25, 0.3) is 0 Å². The second-order valence-corrected chi connectivity index (χ2v) is 4.08. The Morgan fingerprint density at radius 3 is 2.53 bits per heavy atom. The van der Waals surface area contributed by atoms with E-state index in [0.29, 0.717) is 17.3 Å². The second-order valence-electron chi connectivity index (χ2n) is 4.08. The Morgan fingerprint density at radius 1 is 1.21 bits per heavy atom. The molecule has 0 aromatic carbocycles. The number of hydrogen-bond donors (Lipinski definition) is 2. The lowest BCUT2D eigenvalue weighted by atomic mass is 10.2. The van der Waals surface area contributed by atoms with E-state index in [1.54, 1.807) is 25.4 Å². The molecule has 0 unspecified atom stereocenters. The number of aryl methyl sites for hydroxylation is 2. The molecule has 2 heterocycles. The van der Waals surface area contributed by atoms with Gasteiger partial charge in [0.1, 0.15) is 5.82 Å². The Balaban J connectivity index is 2.25. The Morgan fingerprint density at radius 2 is 1.89 bits per heavy atom. The molecule has 2 rings (SSSR count). The number of pyridine rings is 1. The average Bonchev–Trinajstić information content (AvgIpc) is 2.37. The molecule has 6 nitrogen and oxygen atoms in total. The van der Waals surface area contributed by atoms with Crippen LogP contribution in [-0.4, -0.2) is 27.9 Å². The largest absolute Gasteiger partial charge is 0.372 e. The molecule has 2 aromatic heterocycles. The third-order valence-corrected chi connectivity index (χ3v) is 2.50. The fourth-order valence-corrected chi connectivity index (χ4v) is 1.74. The molecular weight excluding hydrogens is 242 g/mol. The monoisotopic (exact) mass is 257 g/mol. The molecule has 2 N–H and O–H groups in total. The van der Waals surface area contributed by atoms with Crippen molar-refractivity contribution >= 4 is 17.7 Å². The molecule has 0 saturated heterocycles. The fraction of sp³-hybridized carbons (Fsp3) is 0.231. The van der Waals surface area contributed by atoms with Gasteiger partial charge in [-0.3, -0.25) is 10.1 Å². The van der Waals surface area contributed by atoms with Crippen LogP contribution in [-0.2, 0) is 0 Å². The van der Waals surface area contributed by atoms with Gasteiger partial charge in [0.05, 0.1) is 5.56 Å². The maximum atomic E-state index is 12.1. The highest BCUT2D eigenvalue weighted by molar-refractivity contribution is 6.06. The SMILES string of the molecule is CNc1ncccc1C(=O)Nc1nc(C)cc(C)n1. The number of carbonyl (C=O) groups is 1. The smallest absolute Gasteiger partial charge is 0.261 e. The van der Waals surface area contributed by atoms with Crippen LogP contribution in [0, 0.1) is 13.8 Å². The minimum atomic E-state index is -0.289. The lowest BCUT2D eigenvalue weighted by Crippen LogP contribution is -2.17. The zero-order valence-corrected chi connectivity index (χ0v) is 11.1. The van der Waals surface area contributed by atoms with Crippen molar-refractivity contribution in [2.24, 2.45) is 0 Å². The third kappa shape index (κ3) is 3.04. The van der Waals surface area contributed by atoms with Gasteiger partial charge in [-0.05, 0) is 32.0 Å². The number of hydrogen-bond acceptors (Lipinski definition) is 5. The van der Waals surface area contributed by atoms with Gasteiger partial charge in [0.25, 0.3) is 5.91 Å². The van der Waals surface area contributed by atoms with E-state index in [1.165, 1.54) is 0 Å². The van der Waals surface area contributed by atoms with Crippen molar-refractivity contribution in [1.82, 2.24) is 15.0 Å². The van der Waals surface area contributed by atoms with Gasteiger partial charge < -0.3 is 5.32 Å². The Hall–Kier alpha value is -2.50. The molecule has 0 fully saturated rings. The van der Waals surface area contributed by atoms with E-state index < -0.39 is 0 Å². The van der Waals surface area contributed by atoms with Crippen LogP contribution in [0.4, 0.5) is 11.8 Å². The number of anilines is 2. The number of nitrogens with zero attached hydrogens (tertiary/aromatic N) is 3. The molecule has 0 aliphatic carbocycles. The summed E-state index contributed by atoms with van der Waals surface area (Å²) < 4.78 is 0. The molecule has 2 aromatic rings. The van der Waals surface area contributed by atoms with Crippen LogP contribution in [0.5, 0.6) is 0 Å². The van der Waals surface area contributed by atoms with Crippen molar-refractivity contribution in [3.63, 3.8) is 0 Å². The highest BCUT2D eigenvalue weighted by atomic mass is 16.1. The molecule has 0 spiro atoms. The molecule has 6 heteroatoms. The summed E-state index contributed by atoms with van der Waals surface area (Å²) in [7, 11) is 1.71. The highest BCUT2D eigenvalue weighted by Gasteiger charge is 2.12. The van der Waals surface area contributed by atoms with Crippen molar-refractivity contribution in [3.05, 3.63) is 41.3 Å². The minimum absolute atomic E-state index is 0.289. The molecule has 98 valence electrons. The Labute approximate surface area is 111 Å². The lowest BCUT2D eigenvalue weighted by Gasteiger charge is -2.08. The molecule has 0 radical (unpaired) electrons. The van der Waals surface area contributed by atoms with Crippen molar-refractivity contribution in [2.45, 2.75) is 13.8 Å². The summed E-state index contributed by atoms with van der Waals surface area (Å²) in [4.78, 5) is 24.6. The van der Waals surface area contributed by atoms with E-state index in [4.69, 9.17) is 0 Å². The molecule has 0 saturated carbocycles. The van der Waals surface area contributed by atoms with E-state index in [2.05, 4.69) is 25.6 Å². The van der Waals surface area contributed by atoms with Crippen LogP contribution in [0.3, 0.4) is 0 Å². The normalized spacial score (nSPS) is 10.1. The first-order valence-corrected chi connectivity index (χ1v) is 5.86. The van der Waals surface area contributed by atoms with E-state index in [1.807, 2.05) is 19.9 Å². The molecule has 0 bridgehead atoms. The van der Waals surface area contributed by atoms with Crippen LogP contribution < -0.4 is 10.6 Å². The average molecular weight is 257 g/mol. The number of rotatable bonds is 3. The molecular formula is C13H15N5O. The summed E-state index contributed by atoms with van der Waals surface area (Å²) in [6.07, 6.45) is 1.62. The van der Waals surface area contributed by atoms with E-state index in [0.717, 1.165) is 11.4 Å². The lowest BCUT2D eigenvalue weighted by molar-refractivity contribution is 0.102. The first kappa shape index (κ1) is 12.9. The van der Waals surface area contributed by atoms with Crippen molar-refractivity contribution in [2.75, 3.05) is 17.7 Å². The zero-order chi connectivity index (χ0) is 13.8. The van der Waals surface area contributed by atoms with Gasteiger partial charge in [-0.1, -0.05) is 0 Å². The summed E-state index contributed by atoms with van der Waals surface area (Å²) in [6, 6.07) is 5.24. The summed E-state index contributed by atoms with van der Waals surface area (Å²) in [5.41, 5.74) is 2.07. The predicted octanol–water partition coefficient (Wildman–Crippen LogP) is 1.78. The predicted molar refractivity (Wildman–Crippen MR) is 73.2 cm³/mol. The highest BCUT2D eigenvalue weighted by Crippen LogP contribution is 2.12. The van der Waals surface area contributed by atoms with Gasteiger partial charge in [0, 0.05) is 24.6 Å². The van der Waals surface area contributed by atoms with Gasteiger partial charge in [0.2, 0.25) is 5.95 Å². The number of aromatic nitrogens is 3. The van der Waals surface area contributed by atoms with Gasteiger partial charge in [-0.25, -0.2) is 15.0 Å². The quantitative estimate of drug-likeness (QED) is 0.876.